The van der Waals surface area contributed by atoms with E-state index in [-0.39, 0.29) is 17.0 Å². The zero-order valence-electron chi connectivity index (χ0n) is 13.3. The van der Waals surface area contributed by atoms with Gasteiger partial charge >= 0.3 is 18.1 Å². The molecule has 0 saturated carbocycles. The molecule has 0 spiro atoms. The highest BCUT2D eigenvalue weighted by Gasteiger charge is 2.32. The number of hydrogen-bond acceptors (Lipinski definition) is 5. The smallest absolute Gasteiger partial charge is 0.416 e. The van der Waals surface area contributed by atoms with Gasteiger partial charge in [0.2, 0.25) is 0 Å². The Balaban J connectivity index is 2.65. The van der Waals surface area contributed by atoms with Gasteiger partial charge in [-0.15, -0.1) is 0 Å². The maximum Gasteiger partial charge on any atom is 0.416 e. The molecule has 0 fully saturated rings. The highest BCUT2D eigenvalue weighted by atomic mass is 19.4. The molecule has 0 radical (unpaired) electrons. The molecule has 0 amide bonds. The van der Waals surface area contributed by atoms with Gasteiger partial charge in [-0.2, -0.15) is 13.2 Å². The summed E-state index contributed by atoms with van der Waals surface area (Å²) in [5, 5.41) is 0. The molecule has 2 rings (SSSR count). The summed E-state index contributed by atoms with van der Waals surface area (Å²) in [5.41, 5.74) is -1.24. The number of ether oxygens (including phenoxy) is 2. The predicted octanol–water partition coefficient (Wildman–Crippen LogP) is 3.20. The average Bonchev–Trinajstić information content (AvgIpc) is 2.82. The van der Waals surface area contributed by atoms with Crippen molar-refractivity contribution in [3.05, 3.63) is 65.5 Å². The highest BCUT2D eigenvalue weighted by molar-refractivity contribution is 6.05. The predicted molar refractivity (Wildman–Crippen MR) is 83.3 cm³/mol. The van der Waals surface area contributed by atoms with Crippen molar-refractivity contribution in [1.82, 2.24) is 0 Å². The van der Waals surface area contributed by atoms with Crippen LogP contribution in [-0.4, -0.2) is 26.2 Å². The molecule has 0 aromatic heterocycles. The van der Waals surface area contributed by atoms with Crippen LogP contribution in [0.4, 0.5) is 18.9 Å². The normalized spacial score (nSPS) is 14.4. The lowest BCUT2D eigenvalue weighted by Gasteiger charge is -2.23. The maximum absolute atomic E-state index is 13.0. The zero-order chi connectivity index (χ0) is 18.6. The number of nitrogens with zero attached hydrogens (tertiary/aromatic N) is 1. The van der Waals surface area contributed by atoms with Crippen LogP contribution in [0.25, 0.3) is 0 Å². The van der Waals surface area contributed by atoms with Crippen molar-refractivity contribution in [1.29, 1.82) is 0 Å². The van der Waals surface area contributed by atoms with Gasteiger partial charge < -0.3 is 14.4 Å². The first kappa shape index (κ1) is 18.3. The Morgan fingerprint density at radius 1 is 1.04 bits per heavy atom. The van der Waals surface area contributed by atoms with E-state index in [1.807, 2.05) is 0 Å². The molecule has 5 nitrogen and oxygen atoms in total. The number of benzene rings is 1. The van der Waals surface area contributed by atoms with Gasteiger partial charge in [0.15, 0.2) is 0 Å². The van der Waals surface area contributed by atoms with Gasteiger partial charge in [0.25, 0.3) is 0 Å². The third-order valence-electron chi connectivity index (χ3n) is 3.34. The molecule has 1 aliphatic rings. The second-order valence-electron chi connectivity index (χ2n) is 4.86. The first-order valence-electron chi connectivity index (χ1n) is 7.02. The molecule has 0 aliphatic carbocycles. The van der Waals surface area contributed by atoms with Gasteiger partial charge in [0.05, 0.1) is 25.4 Å². The molecular formula is C17H14F3NO4. The molecule has 1 heterocycles. The Labute approximate surface area is 141 Å². The summed E-state index contributed by atoms with van der Waals surface area (Å²) in [6.45, 7) is 0. The monoisotopic (exact) mass is 353 g/mol. The van der Waals surface area contributed by atoms with E-state index in [4.69, 9.17) is 0 Å². The Morgan fingerprint density at radius 2 is 1.72 bits per heavy atom. The minimum Gasteiger partial charge on any atom is -0.465 e. The van der Waals surface area contributed by atoms with Crippen molar-refractivity contribution in [2.75, 3.05) is 19.1 Å². The van der Waals surface area contributed by atoms with E-state index in [0.717, 1.165) is 31.3 Å². The summed E-state index contributed by atoms with van der Waals surface area (Å²) in [7, 11) is 2.23. The largest absolute Gasteiger partial charge is 0.465 e. The number of anilines is 1. The molecule has 0 unspecified atom stereocenters. The number of alkyl halides is 3. The van der Waals surface area contributed by atoms with Crippen LogP contribution in [0.2, 0.25) is 0 Å². The third-order valence-corrected chi connectivity index (χ3v) is 3.34. The van der Waals surface area contributed by atoms with Crippen molar-refractivity contribution >= 4 is 17.6 Å². The molecule has 0 N–H and O–H groups in total. The van der Waals surface area contributed by atoms with Crippen LogP contribution < -0.4 is 4.90 Å². The summed E-state index contributed by atoms with van der Waals surface area (Å²) in [6, 6.07) is 4.36. The summed E-state index contributed by atoms with van der Waals surface area (Å²) in [5.74, 6) is -1.72. The van der Waals surface area contributed by atoms with E-state index in [1.54, 1.807) is 0 Å². The van der Waals surface area contributed by atoms with Crippen LogP contribution in [0, 0.1) is 0 Å². The lowest BCUT2D eigenvalue weighted by molar-refractivity contribution is -0.139. The lowest BCUT2D eigenvalue weighted by Crippen LogP contribution is -2.27. The fourth-order valence-electron chi connectivity index (χ4n) is 2.20. The number of carbonyl (C=O) groups is 2. The van der Waals surface area contributed by atoms with Crippen LogP contribution >= 0.6 is 0 Å². The van der Waals surface area contributed by atoms with Gasteiger partial charge in [0.1, 0.15) is 5.70 Å². The number of carbonyl (C=O) groups excluding carboxylic acids is 2. The van der Waals surface area contributed by atoms with Crippen molar-refractivity contribution in [3.63, 3.8) is 0 Å². The number of allylic oxidation sites excluding steroid dienone is 2. The lowest BCUT2D eigenvalue weighted by atomic mass is 10.1. The topological polar surface area (TPSA) is 55.8 Å². The molecule has 0 saturated heterocycles. The fraction of sp³-hybridized carbons (Fsp3) is 0.176. The van der Waals surface area contributed by atoms with Crippen LogP contribution in [0.15, 0.2) is 60.0 Å². The maximum atomic E-state index is 13.0. The van der Waals surface area contributed by atoms with Crippen molar-refractivity contribution in [3.8, 4) is 0 Å². The van der Waals surface area contributed by atoms with Gasteiger partial charge in [-0.25, -0.2) is 9.59 Å². The van der Waals surface area contributed by atoms with Crippen LogP contribution in [0.3, 0.4) is 0 Å². The Morgan fingerprint density at radius 3 is 2.32 bits per heavy atom. The van der Waals surface area contributed by atoms with Crippen LogP contribution in [0.5, 0.6) is 0 Å². The molecule has 1 aromatic carbocycles. The van der Waals surface area contributed by atoms with E-state index >= 15 is 0 Å². The first-order chi connectivity index (χ1) is 11.8. The highest BCUT2D eigenvalue weighted by Crippen LogP contribution is 2.33. The molecule has 1 aromatic rings. The molecule has 25 heavy (non-hydrogen) atoms. The molecule has 0 bridgehead atoms. The zero-order valence-corrected chi connectivity index (χ0v) is 13.3. The summed E-state index contributed by atoms with van der Waals surface area (Å²) in [4.78, 5) is 25.3. The van der Waals surface area contributed by atoms with Gasteiger partial charge in [-0.1, -0.05) is 12.1 Å². The van der Waals surface area contributed by atoms with Crippen molar-refractivity contribution in [2.24, 2.45) is 0 Å². The van der Waals surface area contributed by atoms with E-state index in [2.05, 4.69) is 9.47 Å². The number of esters is 2. The summed E-state index contributed by atoms with van der Waals surface area (Å²) >= 11 is 0. The Kier molecular flexibility index (Phi) is 5.31. The quantitative estimate of drug-likeness (QED) is 0.781. The second kappa shape index (κ2) is 7.25. The minimum atomic E-state index is -4.55. The first-order valence-corrected chi connectivity index (χ1v) is 7.02. The van der Waals surface area contributed by atoms with Crippen molar-refractivity contribution in [2.45, 2.75) is 6.18 Å². The molecule has 132 valence electrons. The second-order valence-corrected chi connectivity index (χ2v) is 4.86. The van der Waals surface area contributed by atoms with E-state index in [0.29, 0.717) is 0 Å². The molecule has 8 heteroatoms. The number of rotatable bonds is 3. The van der Waals surface area contributed by atoms with Crippen LogP contribution in [0.1, 0.15) is 5.56 Å². The van der Waals surface area contributed by atoms with Crippen LogP contribution in [-0.2, 0) is 25.2 Å². The number of halogens is 3. The Hall–Kier alpha value is -3.03. The SMILES string of the molecule is COC(=O)C1=C(C(=O)OC)N(c2cccc(C(F)(F)F)c2)C=CC=C1. The van der Waals surface area contributed by atoms with Gasteiger partial charge in [-0.3, -0.25) is 0 Å². The average molecular weight is 353 g/mol. The van der Waals surface area contributed by atoms with Crippen molar-refractivity contribution < 1.29 is 32.2 Å². The summed E-state index contributed by atoms with van der Waals surface area (Å²) < 4.78 is 48.2. The molecule has 0 atom stereocenters. The van der Waals surface area contributed by atoms with Gasteiger partial charge in [-0.05, 0) is 30.4 Å². The number of hydrogen-bond donors (Lipinski definition) is 0. The Bertz CT molecular complexity index is 778. The third kappa shape index (κ3) is 3.90. The summed E-state index contributed by atoms with van der Waals surface area (Å²) in [6.07, 6.45) is 1.06. The minimum absolute atomic E-state index is 0.0385. The van der Waals surface area contributed by atoms with E-state index < -0.39 is 23.7 Å². The molecule has 1 aliphatic heterocycles. The molecular weight excluding hydrogens is 339 g/mol. The number of methoxy groups -OCH3 is 2. The fourth-order valence-corrected chi connectivity index (χ4v) is 2.20. The standard InChI is InChI=1S/C17H14F3NO4/c1-24-15(22)13-8-3-4-9-21(14(13)16(23)25-2)12-7-5-6-11(10-12)17(18,19)20/h3-10H,1-2H3. The van der Waals surface area contributed by atoms with E-state index in [1.165, 1.54) is 36.6 Å². The van der Waals surface area contributed by atoms with E-state index in [9.17, 15) is 22.8 Å². The van der Waals surface area contributed by atoms with Gasteiger partial charge in [0, 0.05) is 11.9 Å².